The van der Waals surface area contributed by atoms with Crippen LogP contribution in [0.2, 0.25) is 0 Å². The molecule has 0 aliphatic heterocycles. The fraction of sp³-hybridized carbons (Fsp3) is 0.409. The number of pyridine rings is 2. The number of aliphatic hydroxyl groups is 1. The van der Waals surface area contributed by atoms with Crippen molar-refractivity contribution in [2.24, 2.45) is 0 Å². The number of aromatic nitrogens is 5. The fourth-order valence-electron chi connectivity index (χ4n) is 3.34. The first kappa shape index (κ1) is 24.1. The summed E-state index contributed by atoms with van der Waals surface area (Å²) in [7, 11) is 1.45. The number of halogens is 1. The van der Waals surface area contributed by atoms with Crippen LogP contribution in [0.15, 0.2) is 23.1 Å². The van der Waals surface area contributed by atoms with Gasteiger partial charge >= 0.3 is 5.69 Å². The third kappa shape index (κ3) is 4.77. The summed E-state index contributed by atoms with van der Waals surface area (Å²) in [5, 5.41) is 13.4. The number of aryl methyl sites for hydroxylation is 1. The highest BCUT2D eigenvalue weighted by Crippen LogP contribution is 2.26. The summed E-state index contributed by atoms with van der Waals surface area (Å²) >= 11 is 0. The summed E-state index contributed by atoms with van der Waals surface area (Å²) in [4.78, 5) is 34.1. The number of hydrogen-bond donors (Lipinski definition) is 1. The van der Waals surface area contributed by atoms with E-state index in [-0.39, 0.29) is 36.3 Å². The zero-order chi connectivity index (χ0) is 24.3. The van der Waals surface area contributed by atoms with Crippen molar-refractivity contribution in [1.29, 1.82) is 0 Å². The molecule has 10 nitrogen and oxygen atoms in total. The topological polar surface area (TPSA) is 121 Å². The maximum Gasteiger partial charge on any atom is 0.352 e. The number of carbonyl (C=O) groups is 1. The summed E-state index contributed by atoms with van der Waals surface area (Å²) in [5.41, 5.74) is 0.606. The Bertz CT molecular complexity index is 1230. The van der Waals surface area contributed by atoms with Gasteiger partial charge in [0.2, 0.25) is 11.8 Å². The molecule has 0 bridgehead atoms. The quantitative estimate of drug-likeness (QED) is 0.482. The SMILES string of the molecule is CCn1c(CO)nn(-c2nc(OC(C)C)c(C(=O)Cc3c(C)ccnc3OC)cc2F)c1=O. The molecule has 3 rings (SSSR count). The standard InChI is InChI=1S/C22H26FN5O5/c1-6-27-18(11-29)26-28(22(27)31)19-16(23)9-15(21(25-19)33-12(2)3)17(30)10-14-13(4)7-8-24-20(14)32-5/h7-9,12,29H,6,10-11H2,1-5H3. The minimum Gasteiger partial charge on any atom is -0.481 e. The lowest BCUT2D eigenvalue weighted by Gasteiger charge is -2.15. The number of ether oxygens (including phenoxy) is 2. The highest BCUT2D eigenvalue weighted by molar-refractivity contribution is 6.00. The molecule has 0 aliphatic rings. The van der Waals surface area contributed by atoms with Crippen LogP contribution in [0.25, 0.3) is 5.82 Å². The average Bonchev–Trinajstić information content (AvgIpc) is 3.10. The van der Waals surface area contributed by atoms with Crippen LogP contribution in [-0.2, 0) is 19.6 Å². The van der Waals surface area contributed by atoms with Crippen molar-refractivity contribution in [2.45, 2.75) is 53.4 Å². The van der Waals surface area contributed by atoms with E-state index < -0.39 is 29.7 Å². The number of hydrogen-bond acceptors (Lipinski definition) is 8. The normalized spacial score (nSPS) is 11.2. The van der Waals surface area contributed by atoms with Crippen molar-refractivity contribution in [3.05, 3.63) is 57.1 Å². The lowest BCUT2D eigenvalue weighted by Crippen LogP contribution is -2.26. The second-order valence-electron chi connectivity index (χ2n) is 7.54. The predicted octanol–water partition coefficient (Wildman–Crippen LogP) is 2.00. The van der Waals surface area contributed by atoms with E-state index in [4.69, 9.17) is 9.47 Å². The molecular weight excluding hydrogens is 433 g/mol. The molecule has 1 N–H and O–H groups in total. The molecular formula is C22H26FN5O5. The van der Waals surface area contributed by atoms with Crippen molar-refractivity contribution in [1.82, 2.24) is 24.3 Å². The lowest BCUT2D eigenvalue weighted by molar-refractivity contribution is 0.0984. The van der Waals surface area contributed by atoms with Crippen molar-refractivity contribution in [2.75, 3.05) is 7.11 Å². The summed E-state index contributed by atoms with van der Waals surface area (Å²) in [6.07, 6.45) is 1.07. The summed E-state index contributed by atoms with van der Waals surface area (Å²) < 4.78 is 28.0. The minimum atomic E-state index is -0.934. The number of methoxy groups -OCH3 is 1. The van der Waals surface area contributed by atoms with E-state index in [9.17, 15) is 14.7 Å². The van der Waals surface area contributed by atoms with E-state index in [1.54, 1.807) is 33.0 Å². The van der Waals surface area contributed by atoms with Gasteiger partial charge in [0.05, 0.1) is 18.8 Å². The van der Waals surface area contributed by atoms with Crippen molar-refractivity contribution in [3.63, 3.8) is 0 Å². The molecule has 0 spiro atoms. The van der Waals surface area contributed by atoms with Crippen molar-refractivity contribution in [3.8, 4) is 17.6 Å². The maximum atomic E-state index is 15.1. The van der Waals surface area contributed by atoms with Gasteiger partial charge in [-0.05, 0) is 45.4 Å². The first-order chi connectivity index (χ1) is 15.7. The third-order valence-corrected chi connectivity index (χ3v) is 4.95. The van der Waals surface area contributed by atoms with Crippen LogP contribution < -0.4 is 15.2 Å². The number of rotatable bonds is 9. The minimum absolute atomic E-state index is 0.0642. The molecule has 3 aromatic rings. The molecule has 3 heterocycles. The number of Topliss-reactive ketones (excluding diaryl/α,β-unsaturated/α-hetero) is 1. The number of carbonyl (C=O) groups excluding carboxylic acids is 1. The van der Waals surface area contributed by atoms with Gasteiger partial charge in [0.1, 0.15) is 6.61 Å². The molecule has 0 aromatic carbocycles. The van der Waals surface area contributed by atoms with E-state index in [2.05, 4.69) is 15.1 Å². The molecule has 0 fully saturated rings. The first-order valence-corrected chi connectivity index (χ1v) is 10.4. The van der Waals surface area contributed by atoms with Crippen LogP contribution in [0.5, 0.6) is 11.8 Å². The number of aliphatic hydroxyl groups excluding tert-OH is 1. The van der Waals surface area contributed by atoms with E-state index in [0.717, 1.165) is 16.3 Å². The van der Waals surface area contributed by atoms with Gasteiger partial charge in [-0.2, -0.15) is 9.67 Å². The molecule has 11 heteroatoms. The van der Waals surface area contributed by atoms with Crippen LogP contribution in [0.3, 0.4) is 0 Å². The second-order valence-corrected chi connectivity index (χ2v) is 7.54. The van der Waals surface area contributed by atoms with Gasteiger partial charge in [-0.15, -0.1) is 5.10 Å². The monoisotopic (exact) mass is 459 g/mol. The van der Waals surface area contributed by atoms with Crippen molar-refractivity contribution < 1.29 is 23.8 Å². The zero-order valence-electron chi connectivity index (χ0n) is 19.1. The zero-order valence-corrected chi connectivity index (χ0v) is 19.1. The molecule has 0 amide bonds. The Labute approximate surface area is 189 Å². The predicted molar refractivity (Wildman–Crippen MR) is 116 cm³/mol. The van der Waals surface area contributed by atoms with Gasteiger partial charge in [-0.1, -0.05) is 0 Å². The Kier molecular flexibility index (Phi) is 7.22. The molecule has 0 saturated carbocycles. The first-order valence-electron chi connectivity index (χ1n) is 10.4. The molecule has 0 saturated heterocycles. The van der Waals surface area contributed by atoms with Gasteiger partial charge < -0.3 is 14.6 Å². The Morgan fingerprint density at radius 1 is 1.30 bits per heavy atom. The third-order valence-electron chi connectivity index (χ3n) is 4.95. The largest absolute Gasteiger partial charge is 0.481 e. The Morgan fingerprint density at radius 3 is 2.61 bits per heavy atom. The van der Waals surface area contributed by atoms with Gasteiger partial charge in [0.25, 0.3) is 0 Å². The van der Waals surface area contributed by atoms with Crippen LogP contribution >= 0.6 is 0 Å². The molecule has 0 atom stereocenters. The average molecular weight is 459 g/mol. The summed E-state index contributed by atoms with van der Waals surface area (Å²) in [6, 6.07) is 2.73. The molecule has 0 radical (unpaired) electrons. The van der Waals surface area contributed by atoms with Crippen LogP contribution in [-0.4, -0.2) is 48.4 Å². The highest BCUT2D eigenvalue weighted by Gasteiger charge is 2.25. The lowest BCUT2D eigenvalue weighted by atomic mass is 10.0. The highest BCUT2D eigenvalue weighted by atomic mass is 19.1. The van der Waals surface area contributed by atoms with Gasteiger partial charge in [0.15, 0.2) is 23.2 Å². The van der Waals surface area contributed by atoms with E-state index in [0.29, 0.717) is 11.4 Å². The van der Waals surface area contributed by atoms with Gasteiger partial charge in [-0.25, -0.2) is 14.2 Å². The Morgan fingerprint density at radius 2 is 2.03 bits per heavy atom. The summed E-state index contributed by atoms with van der Waals surface area (Å²) in [5.74, 6) is -1.58. The Hall–Kier alpha value is -3.60. The van der Waals surface area contributed by atoms with Crippen LogP contribution in [0.4, 0.5) is 4.39 Å². The van der Waals surface area contributed by atoms with Crippen LogP contribution in [0, 0.1) is 12.7 Å². The van der Waals surface area contributed by atoms with Crippen molar-refractivity contribution >= 4 is 5.78 Å². The van der Waals surface area contributed by atoms with E-state index >= 15 is 4.39 Å². The second kappa shape index (κ2) is 9.90. The fourth-order valence-corrected chi connectivity index (χ4v) is 3.34. The molecule has 0 aliphatic carbocycles. The van der Waals surface area contributed by atoms with Crippen LogP contribution in [0.1, 0.15) is 48.1 Å². The number of nitrogens with zero attached hydrogens (tertiary/aromatic N) is 5. The summed E-state index contributed by atoms with van der Waals surface area (Å²) in [6.45, 7) is 6.70. The molecule has 33 heavy (non-hydrogen) atoms. The van der Waals surface area contributed by atoms with E-state index in [1.807, 2.05) is 6.92 Å². The Balaban J connectivity index is 2.11. The smallest absolute Gasteiger partial charge is 0.352 e. The van der Waals surface area contributed by atoms with Gasteiger partial charge in [0, 0.05) is 24.7 Å². The molecule has 0 unspecified atom stereocenters. The number of ketones is 1. The van der Waals surface area contributed by atoms with E-state index in [1.165, 1.54) is 11.7 Å². The van der Waals surface area contributed by atoms with Gasteiger partial charge in [-0.3, -0.25) is 9.36 Å². The maximum absolute atomic E-state index is 15.1. The molecule has 176 valence electrons. The molecule has 3 aromatic heterocycles.